The molecule has 0 radical (unpaired) electrons. The first-order valence-electron chi connectivity index (χ1n) is 10.6. The topological polar surface area (TPSA) is 87.3 Å². The van der Waals surface area contributed by atoms with Crippen LogP contribution in [-0.2, 0) is 27.1 Å². The minimum atomic E-state index is -1.23. The summed E-state index contributed by atoms with van der Waals surface area (Å²) in [5.41, 5.74) is 8.66. The van der Waals surface area contributed by atoms with Crippen LogP contribution < -0.4 is 15.6 Å². The first-order valence-corrected chi connectivity index (χ1v) is 15.5. The van der Waals surface area contributed by atoms with Crippen LogP contribution in [0.4, 0.5) is 0 Å². The van der Waals surface area contributed by atoms with E-state index in [-0.39, 0.29) is 5.91 Å². The maximum Gasteiger partial charge on any atom is 0.266 e. The summed E-state index contributed by atoms with van der Waals surface area (Å²) in [6, 6.07) is 18.8. The molecule has 0 fully saturated rings. The molecule has 10 heteroatoms. The number of carbonyl (C=O) groups is 2. The third-order valence-electron chi connectivity index (χ3n) is 4.86. The number of thioether (sulfide) groups is 1. The third kappa shape index (κ3) is 8.37. The first kappa shape index (κ1) is 26.7. The molecular weight excluding hydrogens is 507 g/mol. The second-order valence-electron chi connectivity index (χ2n) is 7.27. The summed E-state index contributed by atoms with van der Waals surface area (Å²) in [5.74, 6) is 1.04. The summed E-state index contributed by atoms with van der Waals surface area (Å²) >= 11 is 3.27. The van der Waals surface area contributed by atoms with E-state index in [1.807, 2.05) is 66.2 Å². The van der Waals surface area contributed by atoms with Crippen molar-refractivity contribution in [2.75, 3.05) is 12.0 Å². The summed E-state index contributed by atoms with van der Waals surface area (Å²) in [4.78, 5) is 25.4. The van der Waals surface area contributed by atoms with Crippen molar-refractivity contribution >= 4 is 56.1 Å². The number of carbonyl (C=O) groups excluding carboxylic acids is 2. The van der Waals surface area contributed by atoms with Crippen molar-refractivity contribution in [1.82, 2.24) is 15.6 Å². The Morgan fingerprint density at radius 2 is 1.97 bits per heavy atom. The summed E-state index contributed by atoms with van der Waals surface area (Å²) < 4.78 is 15.4. The lowest BCUT2D eigenvalue weighted by Crippen LogP contribution is -2.45. The van der Waals surface area contributed by atoms with E-state index in [1.54, 1.807) is 29.2 Å². The van der Waals surface area contributed by atoms with Crippen LogP contribution in [0, 0.1) is 0 Å². The summed E-state index contributed by atoms with van der Waals surface area (Å²) in [6.07, 6.45) is 3.41. The molecule has 34 heavy (non-hydrogen) atoms. The lowest BCUT2D eigenvalue weighted by Gasteiger charge is -2.16. The lowest BCUT2D eigenvalue weighted by molar-refractivity contribution is -0.109. The minimum absolute atomic E-state index is 0.310. The molecule has 180 valence electrons. The van der Waals surface area contributed by atoms with Gasteiger partial charge < -0.3 is 4.79 Å². The van der Waals surface area contributed by atoms with Crippen LogP contribution in [0.2, 0.25) is 0 Å². The average molecular weight is 534 g/mol. The van der Waals surface area contributed by atoms with Crippen LogP contribution in [0.15, 0.2) is 66.0 Å². The molecule has 1 amide bonds. The van der Waals surface area contributed by atoms with Gasteiger partial charge in [0.1, 0.15) is 6.29 Å². The molecule has 0 saturated heterocycles. The molecule has 0 saturated carbocycles. The molecule has 2 atom stereocenters. The van der Waals surface area contributed by atoms with Gasteiger partial charge in [-0.1, -0.05) is 42.5 Å². The standard InChI is InChI=1S/C24H27N3O3S4/c1-31-13-11-20(16-28)26-27-24(29)22-10-9-18(14-23(22)19-6-3-2-4-7-19)17-33-34(30)25-15-21-8-5-12-32-21/h2-10,12,14,16,20,25-26H,11,13,15,17H2,1H3,(H,27,29). The van der Waals surface area contributed by atoms with Crippen LogP contribution in [0.1, 0.15) is 27.2 Å². The molecule has 3 rings (SSSR count). The van der Waals surface area contributed by atoms with Gasteiger partial charge in [-0.05, 0) is 69.5 Å². The van der Waals surface area contributed by atoms with Gasteiger partial charge in [0.2, 0.25) is 0 Å². The monoisotopic (exact) mass is 533 g/mol. The number of nitrogens with one attached hydrogen (secondary N) is 3. The zero-order valence-electron chi connectivity index (χ0n) is 18.7. The number of hydrazine groups is 1. The van der Waals surface area contributed by atoms with E-state index < -0.39 is 16.1 Å². The minimum Gasteiger partial charge on any atom is -0.302 e. The van der Waals surface area contributed by atoms with Gasteiger partial charge in [0, 0.05) is 22.7 Å². The van der Waals surface area contributed by atoms with Crippen LogP contribution in [0.3, 0.4) is 0 Å². The van der Waals surface area contributed by atoms with Crippen molar-refractivity contribution in [2.24, 2.45) is 0 Å². The van der Waals surface area contributed by atoms with Gasteiger partial charge in [-0.3, -0.25) is 10.2 Å². The van der Waals surface area contributed by atoms with E-state index in [1.165, 1.54) is 10.8 Å². The number of benzene rings is 2. The average Bonchev–Trinajstić information content (AvgIpc) is 3.40. The van der Waals surface area contributed by atoms with Gasteiger partial charge in [0.15, 0.2) is 10.0 Å². The zero-order valence-corrected chi connectivity index (χ0v) is 22.0. The van der Waals surface area contributed by atoms with Crippen molar-refractivity contribution in [3.05, 3.63) is 82.0 Å². The summed E-state index contributed by atoms with van der Waals surface area (Å²) in [7, 11) is 0.0726. The number of amides is 1. The van der Waals surface area contributed by atoms with Gasteiger partial charge in [0.05, 0.1) is 6.04 Å². The van der Waals surface area contributed by atoms with Gasteiger partial charge in [-0.2, -0.15) is 11.8 Å². The SMILES string of the molecule is CSCCC(C=O)NNC(=O)c1ccc(CSS(=O)NCc2cccs2)cc1-c1ccccc1. The molecular formula is C24H27N3O3S4. The van der Waals surface area contributed by atoms with Crippen molar-refractivity contribution < 1.29 is 13.8 Å². The molecule has 3 N–H and O–H groups in total. The maximum absolute atomic E-state index is 13.0. The highest BCUT2D eigenvalue weighted by atomic mass is 33.1. The Hall–Kier alpha value is -1.95. The molecule has 0 spiro atoms. The molecule has 0 bridgehead atoms. The molecule has 6 nitrogen and oxygen atoms in total. The molecule has 3 aromatic rings. The number of hydrogen-bond acceptors (Lipinski definition) is 7. The predicted molar refractivity (Wildman–Crippen MR) is 146 cm³/mol. The fourth-order valence-electron chi connectivity index (χ4n) is 3.09. The number of thiophene rings is 1. The van der Waals surface area contributed by atoms with Gasteiger partial charge in [0.25, 0.3) is 5.91 Å². The number of aldehydes is 1. The Morgan fingerprint density at radius 3 is 2.68 bits per heavy atom. The van der Waals surface area contributed by atoms with Gasteiger partial charge in [-0.15, -0.1) is 11.3 Å². The fourth-order valence-corrected chi connectivity index (χ4v) is 6.25. The fraction of sp³-hybridized carbons (Fsp3) is 0.250. The second kappa shape index (κ2) is 14.4. The number of hydrogen-bond donors (Lipinski definition) is 3. The van der Waals surface area contributed by atoms with E-state index >= 15 is 0 Å². The van der Waals surface area contributed by atoms with Gasteiger partial charge >= 0.3 is 0 Å². The van der Waals surface area contributed by atoms with Crippen molar-refractivity contribution in [1.29, 1.82) is 0 Å². The van der Waals surface area contributed by atoms with Crippen LogP contribution in [0.25, 0.3) is 11.1 Å². The summed E-state index contributed by atoms with van der Waals surface area (Å²) in [5, 5.41) is 1.99. The van der Waals surface area contributed by atoms with Crippen LogP contribution in [-0.4, -0.2) is 34.5 Å². The van der Waals surface area contributed by atoms with E-state index in [0.717, 1.165) is 33.6 Å². The van der Waals surface area contributed by atoms with Gasteiger partial charge in [-0.25, -0.2) is 14.4 Å². The molecule has 2 unspecified atom stereocenters. The molecule has 0 aliphatic heterocycles. The lowest BCUT2D eigenvalue weighted by atomic mass is 9.97. The molecule has 2 aromatic carbocycles. The highest BCUT2D eigenvalue weighted by Crippen LogP contribution is 2.27. The maximum atomic E-state index is 13.0. The Labute approximate surface area is 214 Å². The van der Waals surface area contributed by atoms with E-state index in [2.05, 4.69) is 15.6 Å². The van der Waals surface area contributed by atoms with E-state index in [0.29, 0.717) is 24.3 Å². The van der Waals surface area contributed by atoms with Crippen LogP contribution in [0.5, 0.6) is 0 Å². The Balaban J connectivity index is 1.68. The molecule has 1 heterocycles. The number of rotatable bonds is 14. The third-order valence-corrected chi connectivity index (χ3v) is 8.77. The highest BCUT2D eigenvalue weighted by Gasteiger charge is 2.16. The smallest absolute Gasteiger partial charge is 0.266 e. The second-order valence-corrected chi connectivity index (χ2v) is 12.2. The Kier molecular flexibility index (Phi) is 11.3. The van der Waals surface area contributed by atoms with Crippen molar-refractivity contribution in [3.63, 3.8) is 0 Å². The van der Waals surface area contributed by atoms with Crippen molar-refractivity contribution in [2.45, 2.75) is 24.8 Å². The molecule has 1 aromatic heterocycles. The normalized spacial score (nSPS) is 12.7. The summed E-state index contributed by atoms with van der Waals surface area (Å²) in [6.45, 7) is 0.567. The quantitative estimate of drug-likeness (QED) is 0.160. The highest BCUT2D eigenvalue weighted by molar-refractivity contribution is 8.68. The first-order chi connectivity index (χ1) is 16.6. The van der Waals surface area contributed by atoms with Crippen molar-refractivity contribution in [3.8, 4) is 11.1 Å². The predicted octanol–water partition coefficient (Wildman–Crippen LogP) is 4.57. The van der Waals surface area contributed by atoms with E-state index in [4.69, 9.17) is 0 Å². The zero-order chi connectivity index (χ0) is 24.2. The molecule has 0 aliphatic rings. The largest absolute Gasteiger partial charge is 0.302 e. The Bertz CT molecular complexity index is 1080. The van der Waals surface area contributed by atoms with E-state index in [9.17, 15) is 13.8 Å². The Morgan fingerprint density at radius 1 is 1.15 bits per heavy atom. The molecule has 0 aliphatic carbocycles. The van der Waals surface area contributed by atoms with Crippen LogP contribution >= 0.6 is 33.9 Å².